The highest BCUT2D eigenvalue weighted by atomic mass is 16.5. The van der Waals surface area contributed by atoms with Crippen LogP contribution in [-0.4, -0.2) is 25.5 Å². The maximum Gasteiger partial charge on any atom is 0.310 e. The molecule has 0 unspecified atom stereocenters. The number of carbonyl (C=O) groups is 2. The standard InChI is InChI=1S/C14H23NO3/c1-9(2)8-10-12(14(10,3)4)13(17)18-7-6-11(16)15-5/h8,10,12H,6-7H2,1-5H3,(H,15,16)/t10-,12+/m0/s1. The van der Waals surface area contributed by atoms with Crippen LogP contribution in [0.5, 0.6) is 0 Å². The largest absolute Gasteiger partial charge is 0.465 e. The van der Waals surface area contributed by atoms with Crippen molar-refractivity contribution in [3.63, 3.8) is 0 Å². The van der Waals surface area contributed by atoms with Crippen molar-refractivity contribution in [1.82, 2.24) is 5.32 Å². The average molecular weight is 253 g/mol. The molecule has 1 amide bonds. The lowest BCUT2D eigenvalue weighted by molar-refractivity contribution is -0.146. The van der Waals surface area contributed by atoms with Gasteiger partial charge < -0.3 is 10.1 Å². The fraction of sp³-hybridized carbons (Fsp3) is 0.714. The van der Waals surface area contributed by atoms with E-state index in [1.807, 2.05) is 13.8 Å². The van der Waals surface area contributed by atoms with E-state index in [4.69, 9.17) is 4.74 Å². The van der Waals surface area contributed by atoms with E-state index in [2.05, 4.69) is 25.2 Å². The lowest BCUT2D eigenvalue weighted by Gasteiger charge is -2.04. The van der Waals surface area contributed by atoms with Gasteiger partial charge in [0.2, 0.25) is 5.91 Å². The first-order valence-corrected chi connectivity index (χ1v) is 6.33. The monoisotopic (exact) mass is 253 g/mol. The Morgan fingerprint density at radius 1 is 1.33 bits per heavy atom. The van der Waals surface area contributed by atoms with Crippen LogP contribution >= 0.6 is 0 Å². The van der Waals surface area contributed by atoms with Crippen molar-refractivity contribution >= 4 is 11.9 Å². The molecule has 0 spiro atoms. The van der Waals surface area contributed by atoms with Crippen molar-refractivity contribution in [3.8, 4) is 0 Å². The smallest absolute Gasteiger partial charge is 0.310 e. The van der Waals surface area contributed by atoms with Crippen LogP contribution < -0.4 is 5.32 Å². The van der Waals surface area contributed by atoms with Gasteiger partial charge in [0.25, 0.3) is 0 Å². The minimum absolute atomic E-state index is 0.0264. The van der Waals surface area contributed by atoms with Crippen LogP contribution in [-0.2, 0) is 14.3 Å². The minimum Gasteiger partial charge on any atom is -0.465 e. The topological polar surface area (TPSA) is 55.4 Å². The first kappa shape index (κ1) is 14.7. The summed E-state index contributed by atoms with van der Waals surface area (Å²) < 4.78 is 5.16. The average Bonchev–Trinajstić information content (AvgIpc) is 2.79. The molecule has 1 rings (SSSR count). The maximum atomic E-state index is 11.9. The summed E-state index contributed by atoms with van der Waals surface area (Å²) in [5.41, 5.74) is 1.19. The summed E-state index contributed by atoms with van der Waals surface area (Å²) in [5.74, 6) is -0.114. The molecule has 1 N–H and O–H groups in total. The van der Waals surface area contributed by atoms with Gasteiger partial charge in [0.05, 0.1) is 12.3 Å². The first-order valence-electron chi connectivity index (χ1n) is 6.33. The summed E-state index contributed by atoms with van der Waals surface area (Å²) in [6.07, 6.45) is 2.35. The molecule has 1 fully saturated rings. The van der Waals surface area contributed by atoms with Crippen LogP contribution in [0, 0.1) is 17.3 Å². The van der Waals surface area contributed by atoms with Crippen LogP contribution in [0.25, 0.3) is 0 Å². The third-order valence-corrected chi connectivity index (χ3v) is 3.53. The molecule has 0 aromatic heterocycles. The highest BCUT2D eigenvalue weighted by Gasteiger charge is 2.61. The highest BCUT2D eigenvalue weighted by molar-refractivity contribution is 5.79. The molecule has 0 radical (unpaired) electrons. The zero-order valence-corrected chi connectivity index (χ0v) is 11.9. The molecule has 1 saturated carbocycles. The van der Waals surface area contributed by atoms with Crippen molar-refractivity contribution in [2.24, 2.45) is 17.3 Å². The van der Waals surface area contributed by atoms with Crippen molar-refractivity contribution in [3.05, 3.63) is 11.6 Å². The summed E-state index contributed by atoms with van der Waals surface area (Å²) in [4.78, 5) is 22.9. The van der Waals surface area contributed by atoms with E-state index in [1.54, 1.807) is 7.05 Å². The van der Waals surface area contributed by atoms with Gasteiger partial charge in [0.15, 0.2) is 0 Å². The molecule has 1 aliphatic rings. The normalized spacial score (nSPS) is 24.1. The molecule has 1 aliphatic carbocycles. The van der Waals surface area contributed by atoms with Crippen LogP contribution in [0.4, 0.5) is 0 Å². The Labute approximate surface area is 109 Å². The van der Waals surface area contributed by atoms with Gasteiger partial charge in [-0.25, -0.2) is 0 Å². The van der Waals surface area contributed by atoms with Gasteiger partial charge >= 0.3 is 5.97 Å². The minimum atomic E-state index is -0.189. The van der Waals surface area contributed by atoms with Gasteiger partial charge in [-0.3, -0.25) is 9.59 Å². The van der Waals surface area contributed by atoms with E-state index in [1.165, 1.54) is 5.57 Å². The Balaban J connectivity index is 2.44. The van der Waals surface area contributed by atoms with Crippen molar-refractivity contribution < 1.29 is 14.3 Å². The molecule has 18 heavy (non-hydrogen) atoms. The van der Waals surface area contributed by atoms with Crippen LogP contribution in [0.15, 0.2) is 11.6 Å². The first-order chi connectivity index (χ1) is 8.30. The van der Waals surface area contributed by atoms with E-state index in [9.17, 15) is 9.59 Å². The predicted octanol–water partition coefficient (Wildman–Crippen LogP) is 1.90. The van der Waals surface area contributed by atoms with E-state index < -0.39 is 0 Å². The molecular weight excluding hydrogens is 230 g/mol. The second-order valence-electron chi connectivity index (χ2n) is 5.66. The summed E-state index contributed by atoms with van der Waals surface area (Å²) >= 11 is 0. The van der Waals surface area contributed by atoms with Gasteiger partial charge in [-0.05, 0) is 25.2 Å². The number of nitrogens with one attached hydrogen (secondary N) is 1. The summed E-state index contributed by atoms with van der Waals surface area (Å²) in [7, 11) is 1.57. The molecule has 0 aromatic carbocycles. The molecule has 0 bridgehead atoms. The number of amides is 1. The molecule has 0 heterocycles. The molecule has 0 saturated heterocycles. The molecular formula is C14H23NO3. The Hall–Kier alpha value is -1.32. The van der Waals surface area contributed by atoms with Gasteiger partial charge in [-0.15, -0.1) is 0 Å². The SMILES string of the molecule is CNC(=O)CCOC(=O)[C@H]1[C@H](C=C(C)C)C1(C)C. The number of carbonyl (C=O) groups excluding carboxylic acids is 2. The lowest BCUT2D eigenvalue weighted by atomic mass is 10.1. The zero-order chi connectivity index (χ0) is 13.9. The Morgan fingerprint density at radius 2 is 1.94 bits per heavy atom. The summed E-state index contributed by atoms with van der Waals surface area (Å²) in [6.45, 7) is 8.36. The Morgan fingerprint density at radius 3 is 2.44 bits per heavy atom. The summed E-state index contributed by atoms with van der Waals surface area (Å²) in [5, 5.41) is 2.49. The number of ether oxygens (including phenoxy) is 1. The van der Waals surface area contributed by atoms with Crippen LogP contribution in [0.3, 0.4) is 0 Å². The number of hydrogen-bond donors (Lipinski definition) is 1. The van der Waals surface area contributed by atoms with Crippen molar-refractivity contribution in [2.75, 3.05) is 13.7 Å². The Kier molecular flexibility index (Phi) is 4.54. The van der Waals surface area contributed by atoms with Crippen LogP contribution in [0.1, 0.15) is 34.1 Å². The van der Waals surface area contributed by atoms with E-state index in [0.29, 0.717) is 0 Å². The van der Waals surface area contributed by atoms with Gasteiger partial charge in [-0.1, -0.05) is 25.5 Å². The third-order valence-electron chi connectivity index (χ3n) is 3.53. The van der Waals surface area contributed by atoms with Crippen molar-refractivity contribution in [1.29, 1.82) is 0 Å². The van der Waals surface area contributed by atoms with Crippen molar-refractivity contribution in [2.45, 2.75) is 34.1 Å². The molecule has 0 aromatic rings. The Bertz CT molecular complexity index is 367. The fourth-order valence-corrected chi connectivity index (χ4v) is 2.26. The quantitative estimate of drug-likeness (QED) is 0.601. The van der Waals surface area contributed by atoms with Gasteiger partial charge in [-0.2, -0.15) is 0 Å². The van der Waals surface area contributed by atoms with E-state index in [0.717, 1.165) is 0 Å². The lowest BCUT2D eigenvalue weighted by Crippen LogP contribution is -2.21. The van der Waals surface area contributed by atoms with E-state index >= 15 is 0 Å². The number of esters is 1. The predicted molar refractivity (Wildman–Crippen MR) is 69.8 cm³/mol. The molecule has 0 aliphatic heterocycles. The molecule has 4 heteroatoms. The second-order valence-corrected chi connectivity index (χ2v) is 5.66. The number of rotatable bonds is 5. The molecule has 102 valence electrons. The fourth-order valence-electron chi connectivity index (χ4n) is 2.26. The molecule has 2 atom stereocenters. The highest BCUT2D eigenvalue weighted by Crippen LogP contribution is 2.59. The second kappa shape index (κ2) is 5.55. The van der Waals surface area contributed by atoms with Crippen LogP contribution in [0.2, 0.25) is 0 Å². The number of allylic oxidation sites excluding steroid dienone is 2. The van der Waals surface area contributed by atoms with Gasteiger partial charge in [0, 0.05) is 7.05 Å². The van der Waals surface area contributed by atoms with E-state index in [-0.39, 0.29) is 42.2 Å². The third kappa shape index (κ3) is 3.34. The number of hydrogen-bond acceptors (Lipinski definition) is 3. The van der Waals surface area contributed by atoms with Gasteiger partial charge in [0.1, 0.15) is 6.61 Å². The zero-order valence-electron chi connectivity index (χ0n) is 11.9. The molecule has 4 nitrogen and oxygen atoms in total. The summed E-state index contributed by atoms with van der Waals surface area (Å²) in [6, 6.07) is 0. The maximum absolute atomic E-state index is 11.9.